The summed E-state index contributed by atoms with van der Waals surface area (Å²) in [4.78, 5) is 15.8. The molecule has 0 radical (unpaired) electrons. The second-order valence-corrected chi connectivity index (χ2v) is 5.90. The predicted octanol–water partition coefficient (Wildman–Crippen LogP) is 0.385. The molecule has 0 atom stereocenters. The van der Waals surface area contributed by atoms with Crippen LogP contribution in [0.2, 0.25) is 0 Å². The highest BCUT2D eigenvalue weighted by molar-refractivity contribution is 7.13. The van der Waals surface area contributed by atoms with Crippen molar-refractivity contribution in [3.05, 3.63) is 17.5 Å². The molecule has 0 saturated carbocycles. The van der Waals surface area contributed by atoms with Gasteiger partial charge in [-0.3, -0.25) is 4.79 Å². The van der Waals surface area contributed by atoms with E-state index in [2.05, 4.69) is 15.4 Å². The van der Waals surface area contributed by atoms with Crippen molar-refractivity contribution < 1.29 is 9.90 Å². The first-order chi connectivity index (χ1) is 9.59. The standard InChI is InChI=1S/C12H15N5O2S/c1-2-12(19)7-16(8-12)10(18)6-17-14-11(13-15-17)9-4-3-5-20-9/h3-5,19H,2,6-8H2,1H3. The largest absolute Gasteiger partial charge is 0.386 e. The van der Waals surface area contributed by atoms with E-state index in [1.165, 1.54) is 16.1 Å². The van der Waals surface area contributed by atoms with Gasteiger partial charge in [0.15, 0.2) is 0 Å². The second-order valence-electron chi connectivity index (χ2n) is 4.95. The monoisotopic (exact) mass is 293 g/mol. The number of carbonyl (C=O) groups is 1. The quantitative estimate of drug-likeness (QED) is 0.881. The molecule has 0 spiro atoms. The maximum absolute atomic E-state index is 12.0. The van der Waals surface area contributed by atoms with Gasteiger partial charge in [-0.25, -0.2) is 0 Å². The molecule has 106 valence electrons. The van der Waals surface area contributed by atoms with Gasteiger partial charge in [0.25, 0.3) is 0 Å². The SMILES string of the molecule is CCC1(O)CN(C(=O)Cn2nnc(-c3cccs3)n2)C1. The number of tetrazole rings is 1. The Bertz CT molecular complexity index is 603. The van der Waals surface area contributed by atoms with Crippen LogP contribution in [0.1, 0.15) is 13.3 Å². The highest BCUT2D eigenvalue weighted by atomic mass is 32.1. The zero-order valence-electron chi connectivity index (χ0n) is 11.1. The van der Waals surface area contributed by atoms with E-state index in [1.807, 2.05) is 24.4 Å². The second kappa shape index (κ2) is 4.95. The summed E-state index contributed by atoms with van der Waals surface area (Å²) in [6.45, 7) is 2.73. The number of nitrogens with zero attached hydrogens (tertiary/aromatic N) is 5. The van der Waals surface area contributed by atoms with E-state index < -0.39 is 5.60 Å². The summed E-state index contributed by atoms with van der Waals surface area (Å²) in [6, 6.07) is 3.82. The molecule has 1 amide bonds. The van der Waals surface area contributed by atoms with Crippen LogP contribution in [0, 0.1) is 0 Å². The molecule has 1 aliphatic rings. The van der Waals surface area contributed by atoms with E-state index in [9.17, 15) is 9.90 Å². The molecule has 2 aromatic heterocycles. The minimum absolute atomic E-state index is 0.0537. The molecule has 0 bridgehead atoms. The topological polar surface area (TPSA) is 84.1 Å². The molecular formula is C12H15N5O2S. The van der Waals surface area contributed by atoms with E-state index in [0.717, 1.165) is 4.88 Å². The van der Waals surface area contributed by atoms with E-state index in [-0.39, 0.29) is 12.5 Å². The number of rotatable bonds is 4. The predicted molar refractivity (Wildman–Crippen MR) is 73.0 cm³/mol. The average Bonchev–Trinajstić information content (AvgIpc) is 3.04. The summed E-state index contributed by atoms with van der Waals surface area (Å²) in [5.41, 5.74) is -0.715. The van der Waals surface area contributed by atoms with Crippen molar-refractivity contribution in [2.75, 3.05) is 13.1 Å². The van der Waals surface area contributed by atoms with Gasteiger partial charge in [0.2, 0.25) is 11.7 Å². The molecule has 1 saturated heterocycles. The number of β-amino-alcohol motifs (C(OH)–C–C–N with tert-alkyl or cyclic N) is 1. The highest BCUT2D eigenvalue weighted by Gasteiger charge is 2.41. The van der Waals surface area contributed by atoms with Crippen molar-refractivity contribution >= 4 is 17.2 Å². The molecular weight excluding hydrogens is 278 g/mol. The number of hydrogen-bond acceptors (Lipinski definition) is 6. The first-order valence-electron chi connectivity index (χ1n) is 6.41. The highest BCUT2D eigenvalue weighted by Crippen LogP contribution is 2.24. The lowest BCUT2D eigenvalue weighted by Crippen LogP contribution is -2.63. The fourth-order valence-electron chi connectivity index (χ4n) is 2.10. The van der Waals surface area contributed by atoms with Gasteiger partial charge in [-0.2, -0.15) is 4.80 Å². The normalized spacial score (nSPS) is 17.0. The zero-order chi connectivity index (χ0) is 14.2. The van der Waals surface area contributed by atoms with Gasteiger partial charge < -0.3 is 10.0 Å². The fraction of sp³-hybridized carbons (Fsp3) is 0.500. The molecule has 20 heavy (non-hydrogen) atoms. The first kappa shape index (κ1) is 13.2. The average molecular weight is 293 g/mol. The van der Waals surface area contributed by atoms with Gasteiger partial charge in [-0.15, -0.1) is 21.5 Å². The number of aromatic nitrogens is 4. The fourth-order valence-corrected chi connectivity index (χ4v) is 2.75. The Kier molecular flexibility index (Phi) is 3.27. The van der Waals surface area contributed by atoms with Crippen LogP contribution in [0.3, 0.4) is 0 Å². The van der Waals surface area contributed by atoms with Gasteiger partial charge in [0.05, 0.1) is 23.6 Å². The van der Waals surface area contributed by atoms with Crippen LogP contribution in [0.25, 0.3) is 10.7 Å². The molecule has 0 aliphatic carbocycles. The molecule has 3 heterocycles. The number of amides is 1. The Labute approximate surface area is 119 Å². The van der Waals surface area contributed by atoms with Crippen LogP contribution in [0.4, 0.5) is 0 Å². The van der Waals surface area contributed by atoms with E-state index >= 15 is 0 Å². The molecule has 1 fully saturated rings. The van der Waals surface area contributed by atoms with Crippen molar-refractivity contribution in [3.8, 4) is 10.7 Å². The van der Waals surface area contributed by atoms with Crippen LogP contribution >= 0.6 is 11.3 Å². The summed E-state index contributed by atoms with van der Waals surface area (Å²) in [7, 11) is 0. The minimum atomic E-state index is -0.715. The lowest BCUT2D eigenvalue weighted by molar-refractivity contribution is -0.156. The number of aliphatic hydroxyl groups is 1. The lowest BCUT2D eigenvalue weighted by atomic mass is 9.91. The third-order valence-corrected chi connectivity index (χ3v) is 4.32. The Morgan fingerprint density at radius 2 is 2.35 bits per heavy atom. The minimum Gasteiger partial charge on any atom is -0.386 e. The summed E-state index contributed by atoms with van der Waals surface area (Å²) in [5.74, 6) is 0.430. The van der Waals surface area contributed by atoms with Gasteiger partial charge in [0, 0.05) is 0 Å². The molecule has 8 heteroatoms. The number of hydrogen-bond donors (Lipinski definition) is 1. The third kappa shape index (κ3) is 2.44. The number of likely N-dealkylation sites (tertiary alicyclic amines) is 1. The van der Waals surface area contributed by atoms with Crippen molar-refractivity contribution in [2.45, 2.75) is 25.5 Å². The first-order valence-corrected chi connectivity index (χ1v) is 7.29. The van der Waals surface area contributed by atoms with Crippen LogP contribution in [-0.2, 0) is 11.3 Å². The Balaban J connectivity index is 1.60. The molecule has 2 aromatic rings. The summed E-state index contributed by atoms with van der Waals surface area (Å²) in [5, 5.41) is 23.8. The van der Waals surface area contributed by atoms with Crippen LogP contribution < -0.4 is 0 Å². The molecule has 1 aliphatic heterocycles. The van der Waals surface area contributed by atoms with Crippen molar-refractivity contribution in [1.29, 1.82) is 0 Å². The van der Waals surface area contributed by atoms with Crippen molar-refractivity contribution in [1.82, 2.24) is 25.1 Å². The van der Waals surface area contributed by atoms with Gasteiger partial charge in [-0.1, -0.05) is 13.0 Å². The summed E-state index contributed by atoms with van der Waals surface area (Å²) >= 11 is 1.53. The molecule has 3 rings (SSSR count). The van der Waals surface area contributed by atoms with Crippen molar-refractivity contribution in [3.63, 3.8) is 0 Å². The third-order valence-electron chi connectivity index (χ3n) is 3.45. The van der Waals surface area contributed by atoms with Gasteiger partial charge >= 0.3 is 0 Å². The zero-order valence-corrected chi connectivity index (χ0v) is 11.9. The maximum atomic E-state index is 12.0. The summed E-state index contributed by atoms with van der Waals surface area (Å²) < 4.78 is 0. The van der Waals surface area contributed by atoms with Gasteiger partial charge in [0.1, 0.15) is 6.54 Å². The Hall–Kier alpha value is -1.80. The molecule has 0 aromatic carbocycles. The Morgan fingerprint density at radius 1 is 1.55 bits per heavy atom. The van der Waals surface area contributed by atoms with Crippen LogP contribution in [0.5, 0.6) is 0 Å². The van der Waals surface area contributed by atoms with E-state index in [4.69, 9.17) is 0 Å². The lowest BCUT2D eigenvalue weighted by Gasteiger charge is -2.45. The van der Waals surface area contributed by atoms with Crippen molar-refractivity contribution in [2.24, 2.45) is 0 Å². The maximum Gasteiger partial charge on any atom is 0.246 e. The van der Waals surface area contributed by atoms with Crippen LogP contribution in [-0.4, -0.2) is 54.8 Å². The summed E-state index contributed by atoms with van der Waals surface area (Å²) in [6.07, 6.45) is 0.654. The van der Waals surface area contributed by atoms with Crippen LogP contribution in [0.15, 0.2) is 17.5 Å². The molecule has 1 N–H and O–H groups in total. The molecule has 7 nitrogen and oxygen atoms in total. The van der Waals surface area contributed by atoms with E-state index in [0.29, 0.717) is 25.3 Å². The number of carbonyl (C=O) groups excluding carboxylic acids is 1. The number of thiophene rings is 1. The Morgan fingerprint density at radius 3 is 3.00 bits per heavy atom. The molecule has 0 unspecified atom stereocenters. The van der Waals surface area contributed by atoms with E-state index in [1.54, 1.807) is 4.90 Å². The van der Waals surface area contributed by atoms with Gasteiger partial charge in [-0.05, 0) is 23.1 Å². The smallest absolute Gasteiger partial charge is 0.246 e.